The van der Waals surface area contributed by atoms with Crippen LogP contribution in [-0.4, -0.2) is 17.0 Å². The molecule has 1 aliphatic rings. The number of benzene rings is 1. The van der Waals surface area contributed by atoms with Crippen molar-refractivity contribution in [1.29, 1.82) is 0 Å². The van der Waals surface area contributed by atoms with Crippen LogP contribution in [0, 0.1) is 0 Å². The Morgan fingerprint density at radius 1 is 1.08 bits per heavy atom. The quantitative estimate of drug-likeness (QED) is 0.870. The van der Waals surface area contributed by atoms with Gasteiger partial charge in [-0.1, -0.05) is 31.0 Å². The molecule has 1 aliphatic carbocycles. The number of carboxylic acid groups (broad SMARTS) is 1. The SMILES string of the molecule is O=C(O)Cc1ccccc1NC(=O)c1cc2c(s1)CCCCCC2. The van der Waals surface area contributed by atoms with Gasteiger partial charge in [-0.3, -0.25) is 9.59 Å². The molecule has 1 aromatic carbocycles. The molecular formula is C19H21NO3S. The number of carbonyl (C=O) groups excluding carboxylic acids is 1. The Hall–Kier alpha value is -2.14. The van der Waals surface area contributed by atoms with Crippen LogP contribution < -0.4 is 5.32 Å². The number of aryl methyl sites for hydroxylation is 2. The minimum atomic E-state index is -0.907. The first kappa shape index (κ1) is 16.7. The highest BCUT2D eigenvalue weighted by atomic mass is 32.1. The van der Waals surface area contributed by atoms with Gasteiger partial charge in [0.15, 0.2) is 0 Å². The Morgan fingerprint density at radius 3 is 2.62 bits per heavy atom. The summed E-state index contributed by atoms with van der Waals surface area (Å²) in [5.74, 6) is -1.06. The molecule has 1 amide bonds. The summed E-state index contributed by atoms with van der Waals surface area (Å²) in [4.78, 5) is 25.6. The Bertz CT molecular complexity index is 725. The minimum Gasteiger partial charge on any atom is -0.481 e. The van der Waals surface area contributed by atoms with Crippen molar-refractivity contribution in [3.8, 4) is 0 Å². The number of rotatable bonds is 4. The molecule has 3 rings (SSSR count). The van der Waals surface area contributed by atoms with Gasteiger partial charge in [0.1, 0.15) is 0 Å². The summed E-state index contributed by atoms with van der Waals surface area (Å²) < 4.78 is 0. The average molecular weight is 343 g/mol. The second kappa shape index (κ2) is 7.62. The highest BCUT2D eigenvalue weighted by Gasteiger charge is 2.17. The first-order chi connectivity index (χ1) is 11.6. The number of aliphatic carboxylic acids is 1. The highest BCUT2D eigenvalue weighted by molar-refractivity contribution is 7.14. The smallest absolute Gasteiger partial charge is 0.307 e. The van der Waals surface area contributed by atoms with E-state index in [4.69, 9.17) is 5.11 Å². The molecule has 0 spiro atoms. The zero-order chi connectivity index (χ0) is 16.9. The number of hydrogen-bond donors (Lipinski definition) is 2. The summed E-state index contributed by atoms with van der Waals surface area (Å²) in [5, 5.41) is 11.9. The zero-order valence-corrected chi connectivity index (χ0v) is 14.3. The monoisotopic (exact) mass is 343 g/mol. The molecule has 5 heteroatoms. The molecule has 2 aromatic rings. The van der Waals surface area contributed by atoms with E-state index in [1.165, 1.54) is 36.1 Å². The maximum absolute atomic E-state index is 12.6. The third-order valence-corrected chi connectivity index (χ3v) is 5.56. The van der Waals surface area contributed by atoms with Crippen LogP contribution in [0.4, 0.5) is 5.69 Å². The lowest BCUT2D eigenvalue weighted by atomic mass is 10.00. The van der Waals surface area contributed by atoms with Gasteiger partial charge in [-0.05, 0) is 48.9 Å². The van der Waals surface area contributed by atoms with Gasteiger partial charge < -0.3 is 10.4 Å². The van der Waals surface area contributed by atoms with Gasteiger partial charge in [-0.25, -0.2) is 0 Å². The molecule has 24 heavy (non-hydrogen) atoms. The maximum atomic E-state index is 12.6. The number of hydrogen-bond acceptors (Lipinski definition) is 3. The van der Waals surface area contributed by atoms with Gasteiger partial charge in [0.2, 0.25) is 0 Å². The number of anilines is 1. The van der Waals surface area contributed by atoms with E-state index in [1.54, 1.807) is 35.6 Å². The lowest BCUT2D eigenvalue weighted by molar-refractivity contribution is -0.136. The van der Waals surface area contributed by atoms with Crippen LogP contribution in [0.5, 0.6) is 0 Å². The Balaban J connectivity index is 1.78. The lowest BCUT2D eigenvalue weighted by Gasteiger charge is -2.08. The second-order valence-corrected chi connectivity index (χ2v) is 7.29. The lowest BCUT2D eigenvalue weighted by Crippen LogP contribution is -2.13. The maximum Gasteiger partial charge on any atom is 0.307 e. The summed E-state index contributed by atoms with van der Waals surface area (Å²) >= 11 is 1.58. The molecule has 0 unspecified atom stereocenters. The summed E-state index contributed by atoms with van der Waals surface area (Å²) in [5.41, 5.74) is 2.50. The van der Waals surface area contributed by atoms with Crippen molar-refractivity contribution >= 4 is 28.9 Å². The third kappa shape index (κ3) is 4.03. The van der Waals surface area contributed by atoms with Crippen LogP contribution in [0.15, 0.2) is 30.3 Å². The van der Waals surface area contributed by atoms with Gasteiger partial charge in [-0.15, -0.1) is 11.3 Å². The van der Waals surface area contributed by atoms with Gasteiger partial charge in [0.05, 0.1) is 11.3 Å². The number of thiophene rings is 1. The van der Waals surface area contributed by atoms with E-state index in [0.29, 0.717) is 16.1 Å². The standard InChI is InChI=1S/C19H21NO3S/c21-18(22)12-13-7-5-6-9-15(13)20-19(23)17-11-14-8-3-1-2-4-10-16(14)24-17/h5-7,9,11H,1-4,8,10,12H2,(H,20,23)(H,21,22). The molecule has 1 aromatic heterocycles. The molecular weight excluding hydrogens is 322 g/mol. The summed E-state index contributed by atoms with van der Waals surface area (Å²) in [7, 11) is 0. The summed E-state index contributed by atoms with van der Waals surface area (Å²) in [6.07, 6.45) is 6.91. The van der Waals surface area contributed by atoms with Crippen molar-refractivity contribution in [3.63, 3.8) is 0 Å². The van der Waals surface area contributed by atoms with E-state index in [0.717, 1.165) is 12.8 Å². The summed E-state index contributed by atoms with van der Waals surface area (Å²) in [6.45, 7) is 0. The van der Waals surface area contributed by atoms with Crippen molar-refractivity contribution in [1.82, 2.24) is 0 Å². The fourth-order valence-corrected chi connectivity index (χ4v) is 4.25. The molecule has 0 aliphatic heterocycles. The Morgan fingerprint density at radius 2 is 1.83 bits per heavy atom. The number of carbonyl (C=O) groups is 2. The molecule has 126 valence electrons. The topological polar surface area (TPSA) is 66.4 Å². The van der Waals surface area contributed by atoms with Crippen LogP contribution in [0.2, 0.25) is 0 Å². The van der Waals surface area contributed by atoms with Crippen LogP contribution in [-0.2, 0) is 24.1 Å². The van der Waals surface area contributed by atoms with Crippen LogP contribution >= 0.6 is 11.3 Å². The van der Waals surface area contributed by atoms with Crippen molar-refractivity contribution in [3.05, 3.63) is 51.2 Å². The number of nitrogens with one attached hydrogen (secondary N) is 1. The predicted molar refractivity (Wildman–Crippen MR) is 95.9 cm³/mol. The van der Waals surface area contributed by atoms with Crippen LogP contribution in [0.25, 0.3) is 0 Å². The number of amides is 1. The Kier molecular flexibility index (Phi) is 5.30. The molecule has 2 N–H and O–H groups in total. The largest absolute Gasteiger partial charge is 0.481 e. The van der Waals surface area contributed by atoms with E-state index in [1.807, 2.05) is 6.07 Å². The van der Waals surface area contributed by atoms with Crippen molar-refractivity contribution in [2.24, 2.45) is 0 Å². The molecule has 0 saturated heterocycles. The van der Waals surface area contributed by atoms with Crippen molar-refractivity contribution < 1.29 is 14.7 Å². The number of para-hydroxylation sites is 1. The molecule has 0 saturated carbocycles. The first-order valence-corrected chi connectivity index (χ1v) is 9.18. The fraction of sp³-hybridized carbons (Fsp3) is 0.368. The van der Waals surface area contributed by atoms with Crippen LogP contribution in [0.1, 0.15) is 51.4 Å². The van der Waals surface area contributed by atoms with Crippen molar-refractivity contribution in [2.45, 2.75) is 44.9 Å². The molecule has 1 heterocycles. The van der Waals surface area contributed by atoms with Crippen molar-refractivity contribution in [2.75, 3.05) is 5.32 Å². The van der Waals surface area contributed by atoms with E-state index < -0.39 is 5.97 Å². The van der Waals surface area contributed by atoms with E-state index in [9.17, 15) is 9.59 Å². The third-order valence-electron chi connectivity index (χ3n) is 4.33. The normalized spacial score (nSPS) is 14.3. The Labute approximate surface area is 145 Å². The molecule has 0 bridgehead atoms. The average Bonchev–Trinajstić information content (AvgIpc) is 2.91. The van der Waals surface area contributed by atoms with E-state index >= 15 is 0 Å². The number of carboxylic acids is 1. The summed E-state index contributed by atoms with van der Waals surface area (Å²) in [6, 6.07) is 9.08. The minimum absolute atomic E-state index is 0.0998. The molecule has 0 atom stereocenters. The first-order valence-electron chi connectivity index (χ1n) is 8.36. The van der Waals surface area contributed by atoms with Gasteiger partial charge >= 0.3 is 5.97 Å². The van der Waals surface area contributed by atoms with Crippen LogP contribution in [0.3, 0.4) is 0 Å². The molecule has 0 fully saturated rings. The molecule has 4 nitrogen and oxygen atoms in total. The van der Waals surface area contributed by atoms with Gasteiger partial charge in [0.25, 0.3) is 5.91 Å². The van der Waals surface area contributed by atoms with Gasteiger partial charge in [-0.2, -0.15) is 0 Å². The number of fused-ring (bicyclic) bond motifs is 1. The highest BCUT2D eigenvalue weighted by Crippen LogP contribution is 2.29. The fourth-order valence-electron chi connectivity index (χ4n) is 3.10. The zero-order valence-electron chi connectivity index (χ0n) is 13.5. The second-order valence-electron chi connectivity index (χ2n) is 6.16. The van der Waals surface area contributed by atoms with Gasteiger partial charge in [0, 0.05) is 10.6 Å². The van der Waals surface area contributed by atoms with E-state index in [-0.39, 0.29) is 12.3 Å². The van der Waals surface area contributed by atoms with E-state index in [2.05, 4.69) is 5.32 Å². The molecule has 0 radical (unpaired) electrons. The predicted octanol–water partition coefficient (Wildman–Crippen LogP) is 4.29.